The van der Waals surface area contributed by atoms with E-state index in [9.17, 15) is 0 Å². The quantitative estimate of drug-likeness (QED) is 0.829. The summed E-state index contributed by atoms with van der Waals surface area (Å²) in [4.78, 5) is 0. The van der Waals surface area contributed by atoms with Gasteiger partial charge in [0, 0.05) is 18.6 Å². The number of rotatable bonds is 2. The molecule has 4 saturated carbocycles. The molecule has 3 nitrogen and oxygen atoms in total. The van der Waals surface area contributed by atoms with Crippen molar-refractivity contribution in [2.45, 2.75) is 70.1 Å². The Labute approximate surface area is 117 Å². The summed E-state index contributed by atoms with van der Waals surface area (Å²) in [7, 11) is 0. The summed E-state index contributed by atoms with van der Waals surface area (Å²) in [6, 6.07) is 0. The first kappa shape index (κ1) is 12.6. The molecule has 108 valence electrons. The highest BCUT2D eigenvalue weighted by atomic mass is 16.5. The Morgan fingerprint density at radius 2 is 1.37 bits per heavy atom. The first-order valence-electron chi connectivity index (χ1n) is 8.28. The van der Waals surface area contributed by atoms with Crippen LogP contribution < -0.4 is 5.43 Å². The van der Waals surface area contributed by atoms with Gasteiger partial charge in [0.1, 0.15) is 0 Å². The van der Waals surface area contributed by atoms with Gasteiger partial charge in [0.25, 0.3) is 0 Å². The van der Waals surface area contributed by atoms with Crippen molar-refractivity contribution in [2.24, 2.45) is 17.8 Å². The Balaban J connectivity index is 1.47. The third-order valence-corrected chi connectivity index (χ3v) is 5.85. The average molecular weight is 264 g/mol. The van der Waals surface area contributed by atoms with Crippen LogP contribution in [0.2, 0.25) is 0 Å². The molecule has 0 amide bonds. The van der Waals surface area contributed by atoms with Crippen LogP contribution in [0.1, 0.15) is 52.4 Å². The molecule has 19 heavy (non-hydrogen) atoms. The molecule has 1 aliphatic heterocycles. The van der Waals surface area contributed by atoms with Crippen molar-refractivity contribution in [1.29, 1.82) is 0 Å². The Morgan fingerprint density at radius 1 is 0.895 bits per heavy atom. The molecular formula is C16H28N2O. The molecule has 1 saturated heterocycles. The highest BCUT2D eigenvalue weighted by Gasteiger charge is 2.51. The van der Waals surface area contributed by atoms with Crippen LogP contribution in [0.4, 0.5) is 0 Å². The zero-order chi connectivity index (χ0) is 13.0. The molecule has 5 rings (SSSR count). The number of hydrogen-bond donors (Lipinski definition) is 1. The van der Waals surface area contributed by atoms with Crippen molar-refractivity contribution in [1.82, 2.24) is 10.4 Å². The van der Waals surface area contributed by atoms with Gasteiger partial charge >= 0.3 is 0 Å². The van der Waals surface area contributed by atoms with Crippen molar-refractivity contribution in [3.05, 3.63) is 0 Å². The minimum absolute atomic E-state index is 0.366. The summed E-state index contributed by atoms with van der Waals surface area (Å²) in [6.45, 7) is 6.49. The van der Waals surface area contributed by atoms with E-state index in [0.717, 1.165) is 30.8 Å². The lowest BCUT2D eigenvalue weighted by atomic mass is 9.53. The summed E-state index contributed by atoms with van der Waals surface area (Å²) in [6.07, 6.45) is 9.59. The van der Waals surface area contributed by atoms with E-state index in [1.807, 2.05) is 0 Å². The van der Waals surface area contributed by atoms with E-state index in [0.29, 0.717) is 17.7 Å². The zero-order valence-electron chi connectivity index (χ0n) is 12.4. The van der Waals surface area contributed by atoms with Gasteiger partial charge in [0.05, 0.1) is 12.2 Å². The Morgan fingerprint density at radius 3 is 1.84 bits per heavy atom. The van der Waals surface area contributed by atoms with Crippen molar-refractivity contribution >= 4 is 0 Å². The highest BCUT2D eigenvalue weighted by Crippen LogP contribution is 2.55. The molecule has 4 bridgehead atoms. The van der Waals surface area contributed by atoms with Crippen LogP contribution >= 0.6 is 0 Å². The SMILES string of the molecule is CC1CN(NC23CC4CC(CC(C4)C2)C3)CC(C)O1. The van der Waals surface area contributed by atoms with Gasteiger partial charge in [-0.1, -0.05) is 0 Å². The maximum atomic E-state index is 5.86. The van der Waals surface area contributed by atoms with Gasteiger partial charge in [0.2, 0.25) is 0 Å². The third-order valence-electron chi connectivity index (χ3n) is 5.85. The molecule has 2 unspecified atom stereocenters. The molecule has 0 aromatic heterocycles. The lowest BCUT2D eigenvalue weighted by Gasteiger charge is -2.58. The van der Waals surface area contributed by atoms with Crippen LogP contribution in [0, 0.1) is 17.8 Å². The standard InChI is InChI=1S/C16H28N2O/c1-11-9-18(10-12(2)19-11)17-16-6-13-3-14(7-16)5-15(4-13)8-16/h11-15,17H,3-10H2,1-2H3. The van der Waals surface area contributed by atoms with Gasteiger partial charge in [-0.15, -0.1) is 0 Å². The largest absolute Gasteiger partial charge is 0.373 e. The summed E-state index contributed by atoms with van der Waals surface area (Å²) < 4.78 is 5.86. The Bertz CT molecular complexity index is 311. The van der Waals surface area contributed by atoms with Crippen LogP contribution in [-0.4, -0.2) is 35.8 Å². The van der Waals surface area contributed by atoms with Gasteiger partial charge in [-0.05, 0) is 70.1 Å². The fourth-order valence-corrected chi connectivity index (χ4v) is 5.85. The fourth-order valence-electron chi connectivity index (χ4n) is 5.85. The van der Waals surface area contributed by atoms with Gasteiger partial charge in [-0.3, -0.25) is 0 Å². The summed E-state index contributed by atoms with van der Waals surface area (Å²) in [5.41, 5.74) is 4.43. The van der Waals surface area contributed by atoms with E-state index in [-0.39, 0.29) is 0 Å². The average Bonchev–Trinajstić information content (AvgIpc) is 2.23. The normalized spacial score (nSPS) is 53.7. The molecular weight excluding hydrogens is 236 g/mol. The van der Waals surface area contributed by atoms with Crippen LogP contribution in [-0.2, 0) is 4.74 Å². The number of nitrogens with zero attached hydrogens (tertiary/aromatic N) is 1. The predicted octanol–water partition coefficient (Wildman–Crippen LogP) is 2.57. The fraction of sp³-hybridized carbons (Fsp3) is 1.00. The summed E-state index contributed by atoms with van der Waals surface area (Å²) in [5, 5.41) is 2.48. The molecule has 1 N–H and O–H groups in total. The van der Waals surface area contributed by atoms with Gasteiger partial charge < -0.3 is 4.74 Å². The molecule has 5 fully saturated rings. The van der Waals surface area contributed by atoms with E-state index in [1.54, 1.807) is 0 Å². The van der Waals surface area contributed by atoms with Crippen LogP contribution in [0.25, 0.3) is 0 Å². The molecule has 4 aliphatic carbocycles. The second-order valence-corrected chi connectivity index (χ2v) is 7.97. The summed E-state index contributed by atoms with van der Waals surface area (Å²) in [5.74, 6) is 3.07. The minimum Gasteiger partial charge on any atom is -0.373 e. The van der Waals surface area contributed by atoms with Gasteiger partial charge in [-0.2, -0.15) is 0 Å². The number of hydrazine groups is 1. The smallest absolute Gasteiger partial charge is 0.0692 e. The maximum Gasteiger partial charge on any atom is 0.0692 e. The Hall–Kier alpha value is -0.120. The maximum absolute atomic E-state index is 5.86. The number of hydrogen-bond acceptors (Lipinski definition) is 3. The minimum atomic E-state index is 0.366. The van der Waals surface area contributed by atoms with Crippen LogP contribution in [0.5, 0.6) is 0 Å². The topological polar surface area (TPSA) is 24.5 Å². The predicted molar refractivity (Wildman–Crippen MR) is 75.6 cm³/mol. The second kappa shape index (κ2) is 4.44. The summed E-state index contributed by atoms with van der Waals surface area (Å²) >= 11 is 0. The molecule has 1 heterocycles. The molecule has 0 radical (unpaired) electrons. The first-order valence-corrected chi connectivity index (χ1v) is 8.28. The van der Waals surface area contributed by atoms with E-state index >= 15 is 0 Å². The molecule has 3 heteroatoms. The number of nitrogens with one attached hydrogen (secondary N) is 1. The second-order valence-electron chi connectivity index (χ2n) is 7.97. The number of ether oxygens (including phenoxy) is 1. The first-order chi connectivity index (χ1) is 9.10. The number of morpholine rings is 1. The zero-order valence-corrected chi connectivity index (χ0v) is 12.4. The molecule has 0 spiro atoms. The molecule has 2 atom stereocenters. The van der Waals surface area contributed by atoms with Crippen molar-refractivity contribution in [3.8, 4) is 0 Å². The van der Waals surface area contributed by atoms with Crippen LogP contribution in [0.3, 0.4) is 0 Å². The van der Waals surface area contributed by atoms with E-state index < -0.39 is 0 Å². The lowest BCUT2D eigenvalue weighted by Crippen LogP contribution is -2.65. The van der Waals surface area contributed by atoms with E-state index in [2.05, 4.69) is 24.3 Å². The Kier molecular flexibility index (Phi) is 2.95. The molecule has 0 aromatic rings. The lowest BCUT2D eigenvalue weighted by molar-refractivity contribution is -0.121. The van der Waals surface area contributed by atoms with Gasteiger partial charge in [0.15, 0.2) is 0 Å². The molecule has 5 aliphatic rings. The van der Waals surface area contributed by atoms with Crippen LogP contribution in [0.15, 0.2) is 0 Å². The van der Waals surface area contributed by atoms with E-state index in [1.165, 1.54) is 38.5 Å². The van der Waals surface area contributed by atoms with Crippen molar-refractivity contribution < 1.29 is 4.74 Å². The highest BCUT2D eigenvalue weighted by molar-refractivity contribution is 5.06. The molecule has 0 aromatic carbocycles. The third kappa shape index (κ3) is 2.34. The van der Waals surface area contributed by atoms with E-state index in [4.69, 9.17) is 4.74 Å². The monoisotopic (exact) mass is 264 g/mol. The van der Waals surface area contributed by atoms with Crippen molar-refractivity contribution in [2.75, 3.05) is 13.1 Å². The van der Waals surface area contributed by atoms with Crippen molar-refractivity contribution in [3.63, 3.8) is 0 Å². The van der Waals surface area contributed by atoms with Gasteiger partial charge in [-0.25, -0.2) is 10.4 Å².